The fourth-order valence-electron chi connectivity index (χ4n) is 7.02. The van der Waals surface area contributed by atoms with Gasteiger partial charge in [0, 0.05) is 18.2 Å². The van der Waals surface area contributed by atoms with Gasteiger partial charge in [0.05, 0.1) is 36.4 Å². The zero-order chi connectivity index (χ0) is 22.3. The highest BCUT2D eigenvalue weighted by Crippen LogP contribution is 2.65. The van der Waals surface area contributed by atoms with E-state index in [1.807, 2.05) is 6.07 Å². The molecule has 2 heterocycles. The van der Waals surface area contributed by atoms with E-state index in [9.17, 15) is 15.0 Å². The fourth-order valence-corrected chi connectivity index (χ4v) is 7.02. The number of carbonyl (C=O) groups excluding carboxylic acids is 1. The summed E-state index contributed by atoms with van der Waals surface area (Å²) in [7, 11) is 1.33. The highest BCUT2D eigenvalue weighted by atomic mass is 16.6. The molecule has 1 aromatic carbocycles. The average molecular weight is 442 g/mol. The number of esters is 1. The summed E-state index contributed by atoms with van der Waals surface area (Å²) in [5.41, 5.74) is 0.846. The van der Waals surface area contributed by atoms with Crippen LogP contribution in [0.15, 0.2) is 24.3 Å². The van der Waals surface area contributed by atoms with Crippen molar-refractivity contribution in [2.45, 2.75) is 67.8 Å². The van der Waals surface area contributed by atoms with E-state index < -0.39 is 23.1 Å². The van der Waals surface area contributed by atoms with Gasteiger partial charge in [-0.05, 0) is 62.6 Å². The van der Waals surface area contributed by atoms with Gasteiger partial charge in [-0.15, -0.1) is 0 Å². The summed E-state index contributed by atoms with van der Waals surface area (Å²) in [6.45, 7) is 5.78. The molecule has 172 valence electrons. The Hall–Kier alpha value is -2.09. The van der Waals surface area contributed by atoms with Crippen molar-refractivity contribution in [3.05, 3.63) is 35.4 Å². The molecule has 2 N–H and O–H groups in total. The normalized spacial score (nSPS) is 36.9. The molecule has 3 fully saturated rings. The number of rotatable bonds is 6. The summed E-state index contributed by atoms with van der Waals surface area (Å²) >= 11 is 0. The Morgan fingerprint density at radius 3 is 2.88 bits per heavy atom. The van der Waals surface area contributed by atoms with Gasteiger partial charge in [0.25, 0.3) is 0 Å². The topological polar surface area (TPSA) is 88.5 Å². The van der Waals surface area contributed by atoms with Crippen molar-refractivity contribution >= 4 is 5.97 Å². The van der Waals surface area contributed by atoms with Crippen LogP contribution < -0.4 is 4.74 Å². The Kier molecular flexibility index (Phi) is 4.46. The summed E-state index contributed by atoms with van der Waals surface area (Å²) in [5, 5.41) is 23.0. The Bertz CT molecular complexity index is 989. The summed E-state index contributed by atoms with van der Waals surface area (Å²) in [6.07, 6.45) is 4.59. The molecule has 4 unspecified atom stereocenters. The van der Waals surface area contributed by atoms with E-state index in [-0.39, 0.29) is 30.1 Å². The van der Waals surface area contributed by atoms with Gasteiger partial charge in [-0.25, -0.2) is 4.79 Å². The number of phenolic OH excluding ortho intramolecular Hbond substituents is 1. The quantitative estimate of drug-likeness (QED) is 0.516. The molecule has 6 rings (SSSR count). The molecule has 2 aliphatic heterocycles. The zero-order valence-corrected chi connectivity index (χ0v) is 18.5. The SMILES string of the molecule is C=C(COC1CCC2(O)C3Cc4ccc(O)c5c4[C@@]2(CCN3CC2CC2)C1O5)C(=O)OC. The van der Waals surface area contributed by atoms with Gasteiger partial charge in [0.2, 0.25) is 0 Å². The number of aliphatic hydroxyl groups is 1. The summed E-state index contributed by atoms with van der Waals surface area (Å²) < 4.78 is 17.3. The highest BCUT2D eigenvalue weighted by molar-refractivity contribution is 5.87. The molecule has 0 amide bonds. The van der Waals surface area contributed by atoms with Crippen molar-refractivity contribution in [2.75, 3.05) is 26.8 Å². The first kappa shape index (κ1) is 20.5. The molecule has 32 heavy (non-hydrogen) atoms. The predicted octanol–water partition coefficient (Wildman–Crippen LogP) is 2.07. The average Bonchev–Trinajstić information content (AvgIpc) is 3.53. The van der Waals surface area contributed by atoms with Crippen LogP contribution in [-0.4, -0.2) is 71.7 Å². The largest absolute Gasteiger partial charge is 0.504 e. The zero-order valence-electron chi connectivity index (χ0n) is 18.5. The smallest absolute Gasteiger partial charge is 0.335 e. The molecule has 5 atom stereocenters. The van der Waals surface area contributed by atoms with Gasteiger partial charge in [0.1, 0.15) is 6.10 Å². The van der Waals surface area contributed by atoms with Crippen LogP contribution in [0.5, 0.6) is 11.5 Å². The first-order valence-corrected chi connectivity index (χ1v) is 11.7. The van der Waals surface area contributed by atoms with E-state index in [2.05, 4.69) is 11.5 Å². The van der Waals surface area contributed by atoms with Gasteiger partial charge in [-0.1, -0.05) is 12.6 Å². The minimum atomic E-state index is -0.934. The third-order valence-electron chi connectivity index (χ3n) is 8.65. The van der Waals surface area contributed by atoms with Crippen LogP contribution in [0, 0.1) is 5.92 Å². The second-order valence-electron chi connectivity index (χ2n) is 10.3. The minimum Gasteiger partial charge on any atom is -0.504 e. The van der Waals surface area contributed by atoms with Crippen LogP contribution >= 0.6 is 0 Å². The molecule has 0 radical (unpaired) electrons. The molecule has 2 saturated carbocycles. The van der Waals surface area contributed by atoms with E-state index in [0.29, 0.717) is 18.6 Å². The molecular formula is C25H31NO6. The third-order valence-corrected chi connectivity index (χ3v) is 8.65. The molecule has 3 aliphatic carbocycles. The van der Waals surface area contributed by atoms with Crippen molar-refractivity contribution in [1.82, 2.24) is 4.90 Å². The van der Waals surface area contributed by atoms with Gasteiger partial charge in [-0.3, -0.25) is 4.90 Å². The first-order valence-electron chi connectivity index (χ1n) is 11.7. The molecule has 1 saturated heterocycles. The Morgan fingerprint density at radius 2 is 2.12 bits per heavy atom. The number of hydrogen-bond acceptors (Lipinski definition) is 7. The molecule has 1 spiro atoms. The second-order valence-corrected chi connectivity index (χ2v) is 10.3. The summed E-state index contributed by atoms with van der Waals surface area (Å²) in [6, 6.07) is 3.75. The van der Waals surface area contributed by atoms with Crippen molar-refractivity contribution < 1.29 is 29.2 Å². The van der Waals surface area contributed by atoms with Gasteiger partial charge >= 0.3 is 5.97 Å². The Labute approximate surface area is 187 Å². The molecule has 2 bridgehead atoms. The number of benzene rings is 1. The lowest BCUT2D eigenvalue weighted by atomic mass is 9.48. The van der Waals surface area contributed by atoms with Crippen LogP contribution in [0.1, 0.15) is 43.2 Å². The lowest BCUT2D eigenvalue weighted by molar-refractivity contribution is -0.214. The van der Waals surface area contributed by atoms with Gasteiger partial charge < -0.3 is 24.4 Å². The van der Waals surface area contributed by atoms with Gasteiger partial charge in [0.15, 0.2) is 11.5 Å². The van der Waals surface area contributed by atoms with Crippen LogP contribution in [0.25, 0.3) is 0 Å². The highest BCUT2D eigenvalue weighted by Gasteiger charge is 2.73. The standard InChI is InChI=1S/C25H31NO6/c1-14(23(28)30-2)13-31-18-7-8-25(29)19-11-16-5-6-17(27)21-20(16)24(25,22(18)32-21)9-10-26(19)12-15-3-4-15/h5-6,15,18-19,22,27,29H,1,3-4,7-13H2,2H3/t18?,19?,22?,24-,25?/m0/s1. The van der Waals surface area contributed by atoms with Crippen molar-refractivity contribution in [2.24, 2.45) is 5.92 Å². The summed E-state index contributed by atoms with van der Waals surface area (Å²) in [4.78, 5) is 14.3. The van der Waals surface area contributed by atoms with Crippen molar-refractivity contribution in [3.63, 3.8) is 0 Å². The maximum atomic E-state index is 12.4. The third kappa shape index (κ3) is 2.62. The minimum absolute atomic E-state index is 0.0388. The number of methoxy groups -OCH3 is 1. The number of hydrogen-bond donors (Lipinski definition) is 2. The number of aromatic hydroxyl groups is 1. The monoisotopic (exact) mass is 441 g/mol. The fraction of sp³-hybridized carbons (Fsp3) is 0.640. The Morgan fingerprint density at radius 1 is 1.31 bits per heavy atom. The number of carbonyl (C=O) groups is 1. The number of piperidine rings is 1. The van der Waals surface area contributed by atoms with E-state index in [4.69, 9.17) is 14.2 Å². The maximum Gasteiger partial charge on any atom is 0.335 e. The van der Waals surface area contributed by atoms with Crippen molar-refractivity contribution in [3.8, 4) is 11.5 Å². The number of ether oxygens (including phenoxy) is 3. The second kappa shape index (κ2) is 6.95. The lowest BCUT2D eigenvalue weighted by Gasteiger charge is -2.64. The number of nitrogens with zero attached hydrogens (tertiary/aromatic N) is 1. The molecule has 1 aromatic rings. The van der Waals surface area contributed by atoms with Crippen LogP contribution in [0.2, 0.25) is 0 Å². The Balaban J connectivity index is 1.39. The molecular weight excluding hydrogens is 410 g/mol. The first-order chi connectivity index (χ1) is 15.4. The lowest BCUT2D eigenvalue weighted by Crippen LogP contribution is -2.77. The van der Waals surface area contributed by atoms with Gasteiger partial charge in [-0.2, -0.15) is 0 Å². The van der Waals surface area contributed by atoms with E-state index >= 15 is 0 Å². The predicted molar refractivity (Wildman–Crippen MR) is 116 cm³/mol. The van der Waals surface area contributed by atoms with Crippen LogP contribution in [0.4, 0.5) is 0 Å². The summed E-state index contributed by atoms with van der Waals surface area (Å²) in [5.74, 6) is 0.884. The maximum absolute atomic E-state index is 12.4. The number of likely N-dealkylation sites (tertiary alicyclic amines) is 1. The van der Waals surface area contributed by atoms with Crippen LogP contribution in [-0.2, 0) is 26.1 Å². The number of phenols is 1. The van der Waals surface area contributed by atoms with Crippen LogP contribution in [0.3, 0.4) is 0 Å². The van der Waals surface area contributed by atoms with E-state index in [1.54, 1.807) is 6.07 Å². The van der Waals surface area contributed by atoms with E-state index in [0.717, 1.165) is 43.0 Å². The van der Waals surface area contributed by atoms with E-state index in [1.165, 1.54) is 20.0 Å². The van der Waals surface area contributed by atoms with Crippen molar-refractivity contribution in [1.29, 1.82) is 0 Å². The molecule has 5 aliphatic rings. The molecule has 7 heteroatoms. The molecule has 7 nitrogen and oxygen atoms in total. The molecule has 0 aromatic heterocycles.